The number of ether oxygens (including phenoxy) is 2. The Hall–Kier alpha value is -2.95. The molecule has 0 aliphatic heterocycles. The average molecular weight is 293 g/mol. The summed E-state index contributed by atoms with van der Waals surface area (Å²) in [7, 11) is 1.56. The first-order chi connectivity index (χ1) is 10.8. The fraction of sp³-hybridized carbons (Fsp3) is 0.118. The van der Waals surface area contributed by atoms with Crippen LogP contribution in [0.1, 0.15) is 5.56 Å². The molecule has 3 rings (SSSR count). The van der Waals surface area contributed by atoms with Gasteiger partial charge >= 0.3 is 0 Å². The zero-order valence-corrected chi connectivity index (χ0v) is 12.1. The molecule has 0 saturated carbocycles. The van der Waals surface area contributed by atoms with Gasteiger partial charge in [-0.15, -0.1) is 10.2 Å². The number of rotatable bonds is 5. The van der Waals surface area contributed by atoms with Crippen LogP contribution in [-0.4, -0.2) is 22.3 Å². The third-order valence-electron chi connectivity index (χ3n) is 3.11. The molecule has 0 spiro atoms. The van der Waals surface area contributed by atoms with Gasteiger partial charge in [0.15, 0.2) is 0 Å². The minimum absolute atomic E-state index is 0.486. The quantitative estimate of drug-likeness (QED) is 0.723. The Bertz CT molecular complexity index is 713. The van der Waals surface area contributed by atoms with Gasteiger partial charge in [0, 0.05) is 23.9 Å². The van der Waals surface area contributed by atoms with Gasteiger partial charge in [-0.3, -0.25) is 0 Å². The zero-order chi connectivity index (χ0) is 15.2. The molecule has 0 aliphatic rings. The molecule has 0 atom stereocenters. The van der Waals surface area contributed by atoms with Crippen molar-refractivity contribution < 1.29 is 9.47 Å². The molecule has 0 radical (unpaired) electrons. The van der Waals surface area contributed by atoms with Gasteiger partial charge in [0.05, 0.1) is 12.8 Å². The molecular weight excluding hydrogens is 278 g/mol. The van der Waals surface area contributed by atoms with Gasteiger partial charge in [-0.05, 0) is 17.7 Å². The average Bonchev–Trinajstić information content (AvgIpc) is 2.61. The number of benzene rings is 1. The van der Waals surface area contributed by atoms with Crippen LogP contribution in [0.5, 0.6) is 11.8 Å². The molecule has 0 N–H and O–H groups in total. The van der Waals surface area contributed by atoms with Crippen LogP contribution in [-0.2, 0) is 6.61 Å². The van der Waals surface area contributed by atoms with E-state index in [0.717, 1.165) is 16.8 Å². The van der Waals surface area contributed by atoms with E-state index in [4.69, 9.17) is 9.47 Å². The van der Waals surface area contributed by atoms with Crippen molar-refractivity contribution in [2.45, 2.75) is 6.61 Å². The van der Waals surface area contributed by atoms with E-state index in [0.29, 0.717) is 18.4 Å². The second-order valence-electron chi connectivity index (χ2n) is 4.62. The molecule has 3 aromatic rings. The van der Waals surface area contributed by atoms with Crippen LogP contribution in [0, 0.1) is 0 Å². The minimum atomic E-state index is 0.486. The third-order valence-corrected chi connectivity index (χ3v) is 3.11. The smallest absolute Gasteiger partial charge is 0.233 e. The Morgan fingerprint density at radius 1 is 0.864 bits per heavy atom. The summed E-state index contributed by atoms with van der Waals surface area (Å²) in [6.45, 7) is 0.496. The number of aromatic nitrogens is 3. The van der Waals surface area contributed by atoms with E-state index in [2.05, 4.69) is 15.2 Å². The van der Waals surface area contributed by atoms with Crippen molar-refractivity contribution in [2.24, 2.45) is 0 Å². The van der Waals surface area contributed by atoms with Crippen molar-refractivity contribution in [1.82, 2.24) is 15.2 Å². The maximum absolute atomic E-state index is 5.65. The highest BCUT2D eigenvalue weighted by molar-refractivity contribution is 5.57. The van der Waals surface area contributed by atoms with Crippen LogP contribution >= 0.6 is 0 Å². The summed E-state index contributed by atoms with van der Waals surface area (Å²) in [5, 5.41) is 8.03. The number of hydrogen-bond donors (Lipinski definition) is 0. The Labute approximate surface area is 128 Å². The van der Waals surface area contributed by atoms with Crippen molar-refractivity contribution in [3.63, 3.8) is 0 Å². The lowest BCUT2D eigenvalue weighted by Gasteiger charge is -2.06. The van der Waals surface area contributed by atoms with Crippen LogP contribution < -0.4 is 9.47 Å². The van der Waals surface area contributed by atoms with Gasteiger partial charge in [-0.1, -0.05) is 30.3 Å². The molecular formula is C17H15N3O2. The summed E-state index contributed by atoms with van der Waals surface area (Å²) in [6.07, 6.45) is 1.72. The second kappa shape index (κ2) is 6.67. The van der Waals surface area contributed by atoms with Crippen LogP contribution in [0.2, 0.25) is 0 Å². The molecule has 0 saturated heterocycles. The van der Waals surface area contributed by atoms with Gasteiger partial charge in [0.2, 0.25) is 11.8 Å². The van der Waals surface area contributed by atoms with Gasteiger partial charge in [0.1, 0.15) is 6.61 Å². The van der Waals surface area contributed by atoms with E-state index >= 15 is 0 Å². The molecule has 22 heavy (non-hydrogen) atoms. The fourth-order valence-electron chi connectivity index (χ4n) is 1.93. The Kier molecular flexibility index (Phi) is 4.25. The van der Waals surface area contributed by atoms with E-state index < -0.39 is 0 Å². The molecule has 0 amide bonds. The van der Waals surface area contributed by atoms with E-state index in [1.54, 1.807) is 19.4 Å². The van der Waals surface area contributed by atoms with Crippen molar-refractivity contribution in [1.29, 1.82) is 0 Å². The zero-order valence-electron chi connectivity index (χ0n) is 12.1. The van der Waals surface area contributed by atoms with Crippen LogP contribution in [0.25, 0.3) is 11.3 Å². The molecule has 1 aromatic carbocycles. The maximum atomic E-state index is 5.65. The largest absolute Gasteiger partial charge is 0.480 e. The molecule has 5 nitrogen and oxygen atoms in total. The SMILES string of the molecule is COc1ccc(-c2ccc(OCc3ccccc3)nc2)nn1. The maximum Gasteiger partial charge on any atom is 0.233 e. The molecule has 0 fully saturated rings. The second-order valence-corrected chi connectivity index (χ2v) is 4.62. The third kappa shape index (κ3) is 3.38. The number of nitrogens with zero attached hydrogens (tertiary/aromatic N) is 3. The number of methoxy groups -OCH3 is 1. The Morgan fingerprint density at radius 3 is 2.32 bits per heavy atom. The molecule has 2 aromatic heterocycles. The standard InChI is InChI=1S/C17H15N3O2/c1-21-17-10-8-15(19-20-17)14-7-9-16(18-11-14)22-12-13-5-3-2-4-6-13/h2-11H,12H2,1H3. The van der Waals surface area contributed by atoms with E-state index in [9.17, 15) is 0 Å². The van der Waals surface area contributed by atoms with Crippen LogP contribution in [0.15, 0.2) is 60.8 Å². The van der Waals surface area contributed by atoms with Gasteiger partial charge in [0.25, 0.3) is 0 Å². The fourth-order valence-corrected chi connectivity index (χ4v) is 1.93. The van der Waals surface area contributed by atoms with Gasteiger partial charge in [-0.25, -0.2) is 4.98 Å². The molecule has 0 unspecified atom stereocenters. The van der Waals surface area contributed by atoms with Crippen molar-refractivity contribution in [2.75, 3.05) is 7.11 Å². The molecule has 2 heterocycles. The summed E-state index contributed by atoms with van der Waals surface area (Å²) in [6, 6.07) is 17.3. The predicted octanol–water partition coefficient (Wildman–Crippen LogP) is 3.13. The van der Waals surface area contributed by atoms with Gasteiger partial charge < -0.3 is 9.47 Å². The summed E-state index contributed by atoms with van der Waals surface area (Å²) >= 11 is 0. The predicted molar refractivity (Wildman–Crippen MR) is 82.6 cm³/mol. The van der Waals surface area contributed by atoms with Crippen molar-refractivity contribution in [3.05, 3.63) is 66.4 Å². The highest BCUT2D eigenvalue weighted by atomic mass is 16.5. The lowest BCUT2D eigenvalue weighted by Crippen LogP contribution is -1.97. The first kappa shape index (κ1) is 14.0. The number of pyridine rings is 1. The minimum Gasteiger partial charge on any atom is -0.480 e. The normalized spacial score (nSPS) is 10.2. The Morgan fingerprint density at radius 2 is 1.68 bits per heavy atom. The molecule has 110 valence electrons. The highest BCUT2D eigenvalue weighted by Gasteiger charge is 2.03. The van der Waals surface area contributed by atoms with Crippen molar-refractivity contribution >= 4 is 0 Å². The topological polar surface area (TPSA) is 57.1 Å². The highest BCUT2D eigenvalue weighted by Crippen LogP contribution is 2.19. The lowest BCUT2D eigenvalue weighted by molar-refractivity contribution is 0.294. The molecule has 5 heteroatoms. The van der Waals surface area contributed by atoms with Gasteiger partial charge in [-0.2, -0.15) is 0 Å². The monoisotopic (exact) mass is 293 g/mol. The lowest BCUT2D eigenvalue weighted by atomic mass is 10.2. The number of hydrogen-bond acceptors (Lipinski definition) is 5. The van der Waals surface area contributed by atoms with E-state index in [1.165, 1.54) is 0 Å². The molecule has 0 aliphatic carbocycles. The van der Waals surface area contributed by atoms with Crippen LogP contribution in [0.3, 0.4) is 0 Å². The summed E-state index contributed by atoms with van der Waals surface area (Å²) in [5.41, 5.74) is 2.72. The Balaban J connectivity index is 1.67. The van der Waals surface area contributed by atoms with E-state index in [-0.39, 0.29) is 0 Å². The van der Waals surface area contributed by atoms with E-state index in [1.807, 2.05) is 48.5 Å². The first-order valence-corrected chi connectivity index (χ1v) is 6.86. The summed E-state index contributed by atoms with van der Waals surface area (Å²) in [5.74, 6) is 1.06. The molecule has 0 bridgehead atoms. The van der Waals surface area contributed by atoms with Crippen LogP contribution in [0.4, 0.5) is 0 Å². The first-order valence-electron chi connectivity index (χ1n) is 6.86. The summed E-state index contributed by atoms with van der Waals surface area (Å²) in [4.78, 5) is 4.29. The van der Waals surface area contributed by atoms with Crippen molar-refractivity contribution in [3.8, 4) is 23.0 Å². The summed E-state index contributed by atoms with van der Waals surface area (Å²) < 4.78 is 10.6.